The van der Waals surface area contributed by atoms with Crippen molar-refractivity contribution in [2.75, 3.05) is 16.8 Å². The van der Waals surface area contributed by atoms with Crippen LogP contribution in [0.4, 0.5) is 29.3 Å². The molecule has 164 valence electrons. The van der Waals surface area contributed by atoms with Crippen LogP contribution in [-0.2, 0) is 4.79 Å². The number of rotatable bonds is 4. The molecule has 0 aliphatic carbocycles. The van der Waals surface area contributed by atoms with Crippen LogP contribution < -0.4 is 15.5 Å². The van der Waals surface area contributed by atoms with Gasteiger partial charge in [0.05, 0.1) is 5.69 Å². The van der Waals surface area contributed by atoms with Crippen molar-refractivity contribution in [1.29, 1.82) is 0 Å². The van der Waals surface area contributed by atoms with E-state index in [9.17, 15) is 22.8 Å². The molecule has 0 spiro atoms. The van der Waals surface area contributed by atoms with Gasteiger partial charge in [0.25, 0.3) is 0 Å². The molecule has 1 aliphatic heterocycles. The lowest BCUT2D eigenvalue weighted by Gasteiger charge is -2.19. The summed E-state index contributed by atoms with van der Waals surface area (Å²) in [6.07, 6.45) is 0.211. The summed E-state index contributed by atoms with van der Waals surface area (Å²) in [7, 11) is 0. The van der Waals surface area contributed by atoms with E-state index in [0.717, 1.165) is 11.0 Å². The highest BCUT2D eigenvalue weighted by atomic mass is 35.5. The molecule has 4 rings (SSSR count). The molecule has 2 N–H and O–H groups in total. The number of halogens is 4. The monoisotopic (exact) mass is 459 g/mol. The summed E-state index contributed by atoms with van der Waals surface area (Å²) in [5, 5.41) is 5.61. The van der Waals surface area contributed by atoms with E-state index in [1.54, 1.807) is 24.3 Å². The van der Waals surface area contributed by atoms with Crippen molar-refractivity contribution in [2.24, 2.45) is 0 Å². The Labute approximate surface area is 186 Å². The third-order valence-electron chi connectivity index (χ3n) is 5.13. The van der Waals surface area contributed by atoms with Crippen molar-refractivity contribution in [3.8, 4) is 11.1 Å². The van der Waals surface area contributed by atoms with Crippen molar-refractivity contribution in [2.45, 2.75) is 12.5 Å². The Morgan fingerprint density at radius 1 is 0.938 bits per heavy atom. The van der Waals surface area contributed by atoms with Crippen molar-refractivity contribution in [1.82, 2.24) is 5.32 Å². The van der Waals surface area contributed by atoms with Gasteiger partial charge in [-0.05, 0) is 48.9 Å². The van der Waals surface area contributed by atoms with E-state index >= 15 is 0 Å². The molecule has 1 unspecified atom stereocenters. The van der Waals surface area contributed by atoms with Crippen LogP contribution in [0.25, 0.3) is 11.1 Å². The fraction of sp³-hybridized carbons (Fsp3) is 0.130. The zero-order valence-electron chi connectivity index (χ0n) is 16.5. The highest BCUT2D eigenvalue weighted by Gasteiger charge is 2.36. The number of nitrogens with one attached hydrogen (secondary N) is 2. The molecule has 32 heavy (non-hydrogen) atoms. The highest BCUT2D eigenvalue weighted by Crippen LogP contribution is 2.33. The molecule has 0 saturated carbocycles. The van der Waals surface area contributed by atoms with Crippen molar-refractivity contribution in [3.05, 3.63) is 83.1 Å². The van der Waals surface area contributed by atoms with Crippen molar-refractivity contribution < 1.29 is 22.8 Å². The predicted octanol–water partition coefficient (Wildman–Crippen LogP) is 5.35. The molecule has 9 heteroatoms. The Balaban J connectivity index is 1.49. The van der Waals surface area contributed by atoms with Crippen LogP contribution in [0, 0.1) is 17.5 Å². The summed E-state index contributed by atoms with van der Waals surface area (Å²) in [4.78, 5) is 26.0. The van der Waals surface area contributed by atoms with Crippen LogP contribution in [-0.4, -0.2) is 24.5 Å². The standard InChI is InChI=1S/C23H17ClF3N3O2/c24-13-5-7-14(8-6-13)28-23(32)29-18-11-12-30(22(18)31)19-10-9-16(20(26)21(19)27)15-3-1-2-4-17(15)25/h1-10,18H,11-12H2,(H2,28,29,32). The topological polar surface area (TPSA) is 61.4 Å². The number of nitrogens with zero attached hydrogens (tertiary/aromatic N) is 1. The molecule has 0 aromatic heterocycles. The normalized spacial score (nSPS) is 15.7. The number of anilines is 2. The van der Waals surface area contributed by atoms with Gasteiger partial charge in [-0.3, -0.25) is 4.79 Å². The number of hydrogen-bond acceptors (Lipinski definition) is 2. The molecule has 1 heterocycles. The van der Waals surface area contributed by atoms with Gasteiger partial charge in [-0.2, -0.15) is 0 Å². The van der Waals surface area contributed by atoms with Crippen molar-refractivity contribution >= 4 is 34.9 Å². The van der Waals surface area contributed by atoms with Gasteiger partial charge in [-0.15, -0.1) is 0 Å². The minimum atomic E-state index is -1.26. The number of benzene rings is 3. The smallest absolute Gasteiger partial charge is 0.319 e. The Hall–Kier alpha value is -3.52. The summed E-state index contributed by atoms with van der Waals surface area (Å²) in [6.45, 7) is 0.0835. The number of hydrogen-bond donors (Lipinski definition) is 2. The summed E-state index contributed by atoms with van der Waals surface area (Å²) in [5.74, 6) is -3.78. The van der Waals surface area contributed by atoms with Crippen LogP contribution in [0.1, 0.15) is 6.42 Å². The van der Waals surface area contributed by atoms with Gasteiger partial charge in [-0.25, -0.2) is 18.0 Å². The Morgan fingerprint density at radius 3 is 2.38 bits per heavy atom. The average Bonchev–Trinajstić information content (AvgIpc) is 3.12. The molecule has 3 aromatic carbocycles. The lowest BCUT2D eigenvalue weighted by Crippen LogP contribution is -2.43. The predicted molar refractivity (Wildman–Crippen MR) is 116 cm³/mol. The van der Waals surface area contributed by atoms with Gasteiger partial charge in [0.1, 0.15) is 11.9 Å². The average molecular weight is 460 g/mol. The van der Waals surface area contributed by atoms with Crippen molar-refractivity contribution in [3.63, 3.8) is 0 Å². The van der Waals surface area contributed by atoms with Gasteiger partial charge in [0.2, 0.25) is 5.91 Å². The molecule has 5 nitrogen and oxygen atoms in total. The molecule has 1 fully saturated rings. The third kappa shape index (κ3) is 4.27. The lowest BCUT2D eigenvalue weighted by atomic mass is 10.0. The fourth-order valence-corrected chi connectivity index (χ4v) is 3.67. The highest BCUT2D eigenvalue weighted by molar-refractivity contribution is 6.30. The second-order valence-electron chi connectivity index (χ2n) is 7.18. The van der Waals surface area contributed by atoms with E-state index in [-0.39, 0.29) is 29.8 Å². The van der Waals surface area contributed by atoms with Gasteiger partial charge < -0.3 is 15.5 Å². The summed E-state index contributed by atoms with van der Waals surface area (Å²) in [6, 6.07) is 12.8. The molecule has 1 aliphatic rings. The minimum absolute atomic E-state index is 0.0818. The molecule has 0 radical (unpaired) electrons. The Bertz CT molecular complexity index is 1190. The fourth-order valence-electron chi connectivity index (χ4n) is 3.55. The first-order valence-corrected chi connectivity index (χ1v) is 10.1. The van der Waals surface area contributed by atoms with E-state index < -0.39 is 35.4 Å². The minimum Gasteiger partial charge on any atom is -0.326 e. The number of amides is 3. The van der Waals surface area contributed by atoms with E-state index in [2.05, 4.69) is 10.6 Å². The van der Waals surface area contributed by atoms with Crippen LogP contribution in [0.15, 0.2) is 60.7 Å². The summed E-state index contributed by atoms with van der Waals surface area (Å²) in [5.41, 5.74) is -0.115. The van der Waals surface area contributed by atoms with Gasteiger partial charge in [-0.1, -0.05) is 29.8 Å². The number of carbonyl (C=O) groups excluding carboxylic acids is 2. The van der Waals surface area contributed by atoms with Crippen LogP contribution in [0.5, 0.6) is 0 Å². The second kappa shape index (κ2) is 8.92. The Morgan fingerprint density at radius 2 is 1.66 bits per heavy atom. The summed E-state index contributed by atoms with van der Waals surface area (Å²) >= 11 is 5.80. The maximum atomic E-state index is 14.8. The van der Waals surface area contributed by atoms with Crippen LogP contribution in [0.3, 0.4) is 0 Å². The number of urea groups is 1. The first-order chi connectivity index (χ1) is 15.3. The largest absolute Gasteiger partial charge is 0.326 e. The van der Waals surface area contributed by atoms with E-state index in [1.165, 1.54) is 30.3 Å². The van der Waals surface area contributed by atoms with E-state index in [1.807, 2.05) is 0 Å². The summed E-state index contributed by atoms with van der Waals surface area (Å²) < 4.78 is 43.5. The molecular weight excluding hydrogens is 443 g/mol. The maximum Gasteiger partial charge on any atom is 0.319 e. The van der Waals surface area contributed by atoms with Crippen LogP contribution in [0.2, 0.25) is 5.02 Å². The Kier molecular flexibility index (Phi) is 6.05. The molecular formula is C23H17ClF3N3O2. The van der Waals surface area contributed by atoms with E-state index in [4.69, 9.17) is 11.6 Å². The van der Waals surface area contributed by atoms with Gasteiger partial charge in [0.15, 0.2) is 11.6 Å². The zero-order valence-corrected chi connectivity index (χ0v) is 17.3. The lowest BCUT2D eigenvalue weighted by molar-refractivity contribution is -0.118. The van der Waals surface area contributed by atoms with Gasteiger partial charge in [0, 0.05) is 28.4 Å². The molecule has 3 amide bonds. The number of carbonyl (C=O) groups is 2. The second-order valence-corrected chi connectivity index (χ2v) is 7.61. The molecule has 1 atom stereocenters. The first-order valence-electron chi connectivity index (χ1n) is 9.72. The quantitative estimate of drug-likeness (QED) is 0.552. The third-order valence-corrected chi connectivity index (χ3v) is 5.38. The zero-order chi connectivity index (χ0) is 22.8. The first kappa shape index (κ1) is 21.7. The molecule has 0 bridgehead atoms. The van der Waals surface area contributed by atoms with E-state index in [0.29, 0.717) is 10.7 Å². The van der Waals surface area contributed by atoms with Gasteiger partial charge >= 0.3 is 6.03 Å². The SMILES string of the molecule is O=C(Nc1ccc(Cl)cc1)NC1CCN(c2ccc(-c3ccccc3F)c(F)c2F)C1=O. The molecule has 3 aromatic rings. The maximum absolute atomic E-state index is 14.8. The van der Waals surface area contributed by atoms with Crippen LogP contribution >= 0.6 is 11.6 Å². The molecule has 1 saturated heterocycles.